The first-order valence-corrected chi connectivity index (χ1v) is 17.8. The molecule has 3 rings (SSSR count). The van der Waals surface area contributed by atoms with Gasteiger partial charge in [-0.05, 0) is 43.7 Å². The molecule has 0 fully saturated rings. The molecule has 1 unspecified atom stereocenters. The standard InChI is InChI=1S/C40H63N2/c1-5-6-7-8-9-10-11-12-13-14-15-16-17-18-19-26-31-41-34-39(32-36(4)38-29-24-21-25-30-38)42(35(2)3)40(41)33-37-27-22-20-23-28-37/h20-25,27-30,34-36H,5-19,26,31-33H2,1-4H3/q+1. The van der Waals surface area contributed by atoms with Gasteiger partial charge in [0.1, 0.15) is 11.9 Å². The molecule has 3 aromatic rings. The van der Waals surface area contributed by atoms with Gasteiger partial charge in [0, 0.05) is 6.42 Å². The lowest BCUT2D eigenvalue weighted by Gasteiger charge is -2.13. The second-order valence-corrected chi connectivity index (χ2v) is 13.2. The summed E-state index contributed by atoms with van der Waals surface area (Å²) in [5.41, 5.74) is 4.31. The van der Waals surface area contributed by atoms with Gasteiger partial charge < -0.3 is 0 Å². The largest absolute Gasteiger partial charge is 0.261 e. The van der Waals surface area contributed by atoms with E-state index in [4.69, 9.17) is 0 Å². The molecule has 2 heteroatoms. The van der Waals surface area contributed by atoms with E-state index in [0.717, 1.165) is 19.4 Å². The van der Waals surface area contributed by atoms with E-state index >= 15 is 0 Å². The number of rotatable bonds is 23. The van der Waals surface area contributed by atoms with Crippen molar-refractivity contribution in [3.63, 3.8) is 0 Å². The smallest absolute Gasteiger partial charge is 0.234 e. The second-order valence-electron chi connectivity index (χ2n) is 13.2. The van der Waals surface area contributed by atoms with Gasteiger partial charge in [-0.1, -0.05) is 164 Å². The predicted octanol–water partition coefficient (Wildman–Crippen LogP) is 11.6. The summed E-state index contributed by atoms with van der Waals surface area (Å²) in [6, 6.07) is 22.5. The highest BCUT2D eigenvalue weighted by molar-refractivity contribution is 5.21. The number of benzene rings is 2. The summed E-state index contributed by atoms with van der Waals surface area (Å²) in [6.07, 6.45) is 27.3. The maximum absolute atomic E-state index is 2.64. The summed E-state index contributed by atoms with van der Waals surface area (Å²) in [5, 5.41) is 0. The molecular weight excluding hydrogens is 508 g/mol. The van der Waals surface area contributed by atoms with Crippen LogP contribution in [-0.2, 0) is 19.4 Å². The van der Waals surface area contributed by atoms with Crippen molar-refractivity contribution in [2.75, 3.05) is 0 Å². The van der Waals surface area contributed by atoms with Gasteiger partial charge in [-0.2, -0.15) is 0 Å². The topological polar surface area (TPSA) is 8.81 Å². The normalized spacial score (nSPS) is 12.3. The molecule has 232 valence electrons. The van der Waals surface area contributed by atoms with Gasteiger partial charge >= 0.3 is 0 Å². The molecule has 0 aliphatic carbocycles. The Hall–Kier alpha value is -2.35. The van der Waals surface area contributed by atoms with Gasteiger partial charge in [-0.25, -0.2) is 9.13 Å². The molecule has 0 aliphatic rings. The third-order valence-corrected chi connectivity index (χ3v) is 9.08. The van der Waals surface area contributed by atoms with Crippen molar-refractivity contribution in [2.24, 2.45) is 0 Å². The minimum Gasteiger partial charge on any atom is -0.234 e. The van der Waals surface area contributed by atoms with E-state index in [0.29, 0.717) is 12.0 Å². The van der Waals surface area contributed by atoms with Crippen LogP contribution in [0.2, 0.25) is 0 Å². The molecule has 0 radical (unpaired) electrons. The number of aryl methyl sites for hydroxylation is 1. The van der Waals surface area contributed by atoms with Crippen molar-refractivity contribution in [1.29, 1.82) is 0 Å². The lowest BCUT2D eigenvalue weighted by Crippen LogP contribution is -2.43. The number of aromatic nitrogens is 2. The first-order valence-electron chi connectivity index (χ1n) is 17.8. The van der Waals surface area contributed by atoms with Gasteiger partial charge in [0.15, 0.2) is 0 Å². The Morgan fingerprint density at radius 3 is 1.57 bits per heavy atom. The molecule has 0 saturated carbocycles. The molecule has 0 saturated heterocycles. The molecule has 0 N–H and O–H groups in total. The fraction of sp³-hybridized carbons (Fsp3) is 0.625. The molecule has 0 aliphatic heterocycles. The first-order chi connectivity index (χ1) is 20.6. The van der Waals surface area contributed by atoms with Crippen LogP contribution in [0, 0.1) is 0 Å². The average molecular weight is 572 g/mol. The number of imidazole rings is 1. The van der Waals surface area contributed by atoms with E-state index in [9.17, 15) is 0 Å². The van der Waals surface area contributed by atoms with Crippen LogP contribution in [0.25, 0.3) is 0 Å². The van der Waals surface area contributed by atoms with Crippen LogP contribution in [-0.4, -0.2) is 4.57 Å². The number of hydrogen-bond acceptors (Lipinski definition) is 0. The first kappa shape index (κ1) is 34.1. The van der Waals surface area contributed by atoms with Crippen LogP contribution in [0.5, 0.6) is 0 Å². The van der Waals surface area contributed by atoms with Crippen LogP contribution in [0.1, 0.15) is 165 Å². The molecule has 1 heterocycles. The molecule has 0 spiro atoms. The summed E-state index contributed by atoms with van der Waals surface area (Å²) in [5.74, 6) is 1.97. The molecule has 42 heavy (non-hydrogen) atoms. The molecule has 0 amide bonds. The third-order valence-electron chi connectivity index (χ3n) is 9.08. The molecule has 2 aromatic carbocycles. The average Bonchev–Trinajstić information content (AvgIpc) is 3.34. The Balaban J connectivity index is 1.44. The van der Waals surface area contributed by atoms with E-state index in [1.807, 2.05) is 0 Å². The number of nitrogens with zero attached hydrogens (tertiary/aromatic N) is 2. The van der Waals surface area contributed by atoms with E-state index in [1.165, 1.54) is 125 Å². The minimum absolute atomic E-state index is 0.453. The van der Waals surface area contributed by atoms with Crippen LogP contribution in [0.15, 0.2) is 66.9 Å². The lowest BCUT2D eigenvalue weighted by molar-refractivity contribution is -0.729. The highest BCUT2D eigenvalue weighted by atomic mass is 15.2. The van der Waals surface area contributed by atoms with Crippen LogP contribution >= 0.6 is 0 Å². The molecule has 1 atom stereocenters. The van der Waals surface area contributed by atoms with Crippen molar-refractivity contribution in [3.8, 4) is 0 Å². The van der Waals surface area contributed by atoms with E-state index < -0.39 is 0 Å². The zero-order valence-electron chi connectivity index (χ0n) is 27.8. The lowest BCUT2D eigenvalue weighted by atomic mass is 9.96. The highest BCUT2D eigenvalue weighted by Crippen LogP contribution is 2.22. The van der Waals surface area contributed by atoms with Crippen LogP contribution < -0.4 is 4.57 Å². The Morgan fingerprint density at radius 1 is 0.595 bits per heavy atom. The Labute approximate surface area is 260 Å². The number of unbranched alkanes of at least 4 members (excludes halogenated alkanes) is 15. The summed E-state index contributed by atoms with van der Waals surface area (Å²) < 4.78 is 5.24. The quantitative estimate of drug-likeness (QED) is 0.0790. The van der Waals surface area contributed by atoms with Gasteiger partial charge in [0.2, 0.25) is 0 Å². The molecular formula is C40H63N2+. The van der Waals surface area contributed by atoms with Crippen molar-refractivity contribution in [3.05, 3.63) is 89.5 Å². The minimum atomic E-state index is 0.453. The predicted molar refractivity (Wildman–Crippen MR) is 182 cm³/mol. The van der Waals surface area contributed by atoms with E-state index in [1.54, 1.807) is 0 Å². The fourth-order valence-electron chi connectivity index (χ4n) is 6.60. The maximum atomic E-state index is 2.64. The van der Waals surface area contributed by atoms with Crippen molar-refractivity contribution in [1.82, 2.24) is 4.57 Å². The van der Waals surface area contributed by atoms with Crippen molar-refractivity contribution < 1.29 is 4.57 Å². The number of hydrogen-bond donors (Lipinski definition) is 0. The van der Waals surface area contributed by atoms with Gasteiger partial charge in [-0.15, -0.1) is 0 Å². The van der Waals surface area contributed by atoms with Crippen molar-refractivity contribution in [2.45, 2.75) is 162 Å². The maximum Gasteiger partial charge on any atom is 0.261 e. The van der Waals surface area contributed by atoms with Gasteiger partial charge in [0.05, 0.1) is 19.0 Å². The second kappa shape index (κ2) is 20.5. The zero-order chi connectivity index (χ0) is 29.8. The van der Waals surface area contributed by atoms with Crippen molar-refractivity contribution >= 4 is 0 Å². The molecule has 2 nitrogen and oxygen atoms in total. The summed E-state index contributed by atoms with van der Waals surface area (Å²) in [6.45, 7) is 10.5. The van der Waals surface area contributed by atoms with Crippen LogP contribution in [0.3, 0.4) is 0 Å². The van der Waals surface area contributed by atoms with Crippen LogP contribution in [0.4, 0.5) is 0 Å². The van der Waals surface area contributed by atoms with Gasteiger partial charge in [0.25, 0.3) is 5.82 Å². The van der Waals surface area contributed by atoms with E-state index in [2.05, 4.69) is 104 Å². The zero-order valence-corrected chi connectivity index (χ0v) is 27.8. The van der Waals surface area contributed by atoms with Gasteiger partial charge in [-0.3, -0.25) is 0 Å². The SMILES string of the molecule is CCCCCCCCCCCCCCCCCCn1cc(CC(C)c2ccccc2)[n+](C(C)C)c1Cc1ccccc1. The third kappa shape index (κ3) is 12.5. The Bertz CT molecular complexity index is 1070. The fourth-order valence-corrected chi connectivity index (χ4v) is 6.60. The molecule has 1 aromatic heterocycles. The monoisotopic (exact) mass is 571 g/mol. The molecule has 0 bridgehead atoms. The highest BCUT2D eigenvalue weighted by Gasteiger charge is 2.26. The Kier molecular flexibility index (Phi) is 16.7. The Morgan fingerprint density at radius 2 is 1.07 bits per heavy atom. The summed E-state index contributed by atoms with van der Waals surface area (Å²) in [4.78, 5) is 0. The summed E-state index contributed by atoms with van der Waals surface area (Å²) >= 11 is 0. The van der Waals surface area contributed by atoms with E-state index in [-0.39, 0.29) is 0 Å². The summed E-state index contributed by atoms with van der Waals surface area (Å²) in [7, 11) is 0.